The molecule has 1 N–H and O–H groups in total. The van der Waals surface area contributed by atoms with Crippen LogP contribution in [0.5, 0.6) is 0 Å². The second-order valence-electron chi connectivity index (χ2n) is 5.96. The van der Waals surface area contributed by atoms with Gasteiger partial charge in [-0.25, -0.2) is 0 Å². The molecule has 0 atom stereocenters. The molecule has 1 saturated carbocycles. The van der Waals surface area contributed by atoms with Crippen molar-refractivity contribution in [1.29, 1.82) is 0 Å². The average molecular weight is 305 g/mol. The fourth-order valence-electron chi connectivity index (χ4n) is 2.57. The molecule has 21 heavy (non-hydrogen) atoms. The Kier molecular flexibility index (Phi) is 4.80. The zero-order valence-corrected chi connectivity index (χ0v) is 14.2. The molecule has 0 heterocycles. The second kappa shape index (κ2) is 6.25. The summed E-state index contributed by atoms with van der Waals surface area (Å²) in [7, 11) is 4.10. The van der Waals surface area contributed by atoms with E-state index < -0.39 is 0 Å². The minimum absolute atomic E-state index is 0.122. The molecule has 1 fully saturated rings. The zero-order valence-electron chi connectivity index (χ0n) is 13.5. The number of nitrogens with one attached hydrogen (secondary N) is 1. The van der Waals surface area contributed by atoms with Gasteiger partial charge in [0, 0.05) is 30.4 Å². The Bertz CT molecular complexity index is 571. The van der Waals surface area contributed by atoms with Crippen molar-refractivity contribution in [3.63, 3.8) is 0 Å². The molecule has 1 aromatic rings. The molecule has 0 unspecified atom stereocenters. The van der Waals surface area contributed by atoms with E-state index in [0.717, 1.165) is 28.3 Å². The first kappa shape index (κ1) is 16.1. The molecule has 0 aliphatic heterocycles. The summed E-state index contributed by atoms with van der Waals surface area (Å²) in [5, 5.41) is 4.22. The lowest BCUT2D eigenvalue weighted by atomic mass is 9.95. The van der Waals surface area contributed by atoms with E-state index >= 15 is 0 Å². The van der Waals surface area contributed by atoms with Crippen molar-refractivity contribution in [2.45, 2.75) is 32.2 Å². The molecule has 2 rings (SSSR count). The van der Waals surface area contributed by atoms with Crippen LogP contribution in [0.3, 0.4) is 0 Å². The monoisotopic (exact) mass is 304 g/mol. The maximum atomic E-state index is 6.36. The van der Waals surface area contributed by atoms with Gasteiger partial charge >= 0.3 is 0 Å². The van der Waals surface area contributed by atoms with Crippen LogP contribution in [0.15, 0.2) is 36.6 Å². The largest absolute Gasteiger partial charge is 0.380 e. The van der Waals surface area contributed by atoms with Crippen molar-refractivity contribution >= 4 is 17.2 Å². The van der Waals surface area contributed by atoms with Gasteiger partial charge in [-0.15, -0.1) is 0 Å². The molecule has 3 heteroatoms. The summed E-state index contributed by atoms with van der Waals surface area (Å²) >= 11 is 6.36. The topological polar surface area (TPSA) is 15.3 Å². The molecule has 2 nitrogen and oxygen atoms in total. The van der Waals surface area contributed by atoms with Crippen LogP contribution in [0.4, 0.5) is 0 Å². The molecule has 1 aliphatic carbocycles. The van der Waals surface area contributed by atoms with Crippen LogP contribution in [0.2, 0.25) is 5.02 Å². The first-order valence-corrected chi connectivity index (χ1v) is 7.88. The third-order valence-electron chi connectivity index (χ3n) is 4.30. The predicted octanol–water partition coefficient (Wildman–Crippen LogP) is 4.42. The second-order valence-corrected chi connectivity index (χ2v) is 6.39. The fraction of sp³-hybridized carbons (Fsp3) is 0.444. The lowest BCUT2D eigenvalue weighted by Gasteiger charge is -2.19. The Hall–Kier alpha value is -1.25. The highest BCUT2D eigenvalue weighted by molar-refractivity contribution is 6.30. The van der Waals surface area contributed by atoms with Gasteiger partial charge in [0.05, 0.1) is 0 Å². The highest BCUT2D eigenvalue weighted by atomic mass is 35.5. The van der Waals surface area contributed by atoms with Crippen molar-refractivity contribution in [3.8, 4) is 0 Å². The summed E-state index contributed by atoms with van der Waals surface area (Å²) in [4.78, 5) is 2.16. The molecule has 0 amide bonds. The van der Waals surface area contributed by atoms with E-state index in [0.29, 0.717) is 0 Å². The molecule has 0 aromatic heterocycles. The van der Waals surface area contributed by atoms with Gasteiger partial charge in [-0.3, -0.25) is 0 Å². The molecular formula is C18H25ClN2. The Labute approximate surface area is 133 Å². The van der Waals surface area contributed by atoms with Crippen molar-refractivity contribution < 1.29 is 0 Å². The van der Waals surface area contributed by atoms with Gasteiger partial charge in [-0.05, 0) is 74.2 Å². The minimum atomic E-state index is 0.122. The van der Waals surface area contributed by atoms with Gasteiger partial charge in [0.1, 0.15) is 0 Å². The fourth-order valence-corrected chi connectivity index (χ4v) is 2.81. The van der Waals surface area contributed by atoms with E-state index in [1.165, 1.54) is 18.4 Å². The number of allylic oxidation sites excluding steroid dienone is 2. The van der Waals surface area contributed by atoms with Crippen LogP contribution in [0, 0.1) is 0 Å². The third kappa shape index (κ3) is 3.50. The van der Waals surface area contributed by atoms with Crippen LogP contribution in [-0.4, -0.2) is 25.5 Å². The lowest BCUT2D eigenvalue weighted by molar-refractivity contribution is 0.485. The minimum Gasteiger partial charge on any atom is -0.380 e. The Morgan fingerprint density at radius 3 is 2.57 bits per heavy atom. The highest BCUT2D eigenvalue weighted by Gasteiger charge is 2.43. The standard InChI is InChI=1S/C18H25ClN2/c1-6-21(5)12-17(13(2)3)14-9-15(11-16(19)10-14)18(20-4)7-8-18/h9-12,20H,2,6-8H2,1,3-5H3/b17-12+. The van der Waals surface area contributed by atoms with E-state index in [4.69, 9.17) is 11.6 Å². The van der Waals surface area contributed by atoms with Crippen LogP contribution in [0.25, 0.3) is 5.57 Å². The van der Waals surface area contributed by atoms with E-state index in [1.807, 2.05) is 20.0 Å². The molecule has 0 spiro atoms. The highest BCUT2D eigenvalue weighted by Crippen LogP contribution is 2.46. The Balaban J connectivity index is 2.47. The summed E-state index contributed by atoms with van der Waals surface area (Å²) in [6.07, 6.45) is 4.49. The predicted molar refractivity (Wildman–Crippen MR) is 92.5 cm³/mol. The Morgan fingerprint density at radius 1 is 1.43 bits per heavy atom. The van der Waals surface area contributed by atoms with E-state index in [-0.39, 0.29) is 5.54 Å². The smallest absolute Gasteiger partial charge is 0.0434 e. The van der Waals surface area contributed by atoms with E-state index in [9.17, 15) is 0 Å². The van der Waals surface area contributed by atoms with Crippen LogP contribution in [0.1, 0.15) is 37.8 Å². The number of hydrogen-bond donors (Lipinski definition) is 1. The molecule has 0 bridgehead atoms. The summed E-state index contributed by atoms with van der Waals surface area (Å²) in [6, 6.07) is 6.36. The Morgan fingerprint density at radius 2 is 2.10 bits per heavy atom. The average Bonchev–Trinajstić information content (AvgIpc) is 3.24. The van der Waals surface area contributed by atoms with E-state index in [2.05, 4.69) is 49.1 Å². The van der Waals surface area contributed by atoms with Crippen LogP contribution < -0.4 is 5.32 Å². The number of halogens is 1. The van der Waals surface area contributed by atoms with Crippen molar-refractivity contribution in [2.24, 2.45) is 0 Å². The van der Waals surface area contributed by atoms with Gasteiger partial charge in [0.25, 0.3) is 0 Å². The van der Waals surface area contributed by atoms with Crippen LogP contribution >= 0.6 is 11.6 Å². The molecule has 114 valence electrons. The number of benzene rings is 1. The van der Waals surface area contributed by atoms with Gasteiger partial charge in [0.2, 0.25) is 0 Å². The maximum absolute atomic E-state index is 6.36. The van der Waals surface area contributed by atoms with E-state index in [1.54, 1.807) is 0 Å². The summed E-state index contributed by atoms with van der Waals surface area (Å²) in [5.74, 6) is 0. The van der Waals surface area contributed by atoms with Crippen LogP contribution in [-0.2, 0) is 5.54 Å². The molecule has 1 aliphatic rings. The lowest BCUT2D eigenvalue weighted by Crippen LogP contribution is -2.24. The van der Waals surface area contributed by atoms with Crippen molar-refractivity contribution in [3.05, 3.63) is 52.7 Å². The molecule has 1 aromatic carbocycles. The van der Waals surface area contributed by atoms with Crippen molar-refractivity contribution in [1.82, 2.24) is 10.2 Å². The van der Waals surface area contributed by atoms with Gasteiger partial charge in [-0.2, -0.15) is 0 Å². The van der Waals surface area contributed by atoms with Crippen molar-refractivity contribution in [2.75, 3.05) is 20.6 Å². The summed E-state index contributed by atoms with van der Waals surface area (Å²) < 4.78 is 0. The first-order chi connectivity index (χ1) is 9.91. The summed E-state index contributed by atoms with van der Waals surface area (Å²) in [5.41, 5.74) is 4.75. The SMILES string of the molecule is C=C(C)/C(=C\N(C)CC)c1cc(Cl)cc(C2(NC)CC2)c1. The number of hydrogen-bond acceptors (Lipinski definition) is 2. The molecular weight excluding hydrogens is 280 g/mol. The summed E-state index contributed by atoms with van der Waals surface area (Å²) in [6.45, 7) is 9.26. The van der Waals surface area contributed by atoms with Gasteiger partial charge < -0.3 is 10.2 Å². The van der Waals surface area contributed by atoms with Gasteiger partial charge in [0.15, 0.2) is 0 Å². The number of rotatable bonds is 6. The maximum Gasteiger partial charge on any atom is 0.0434 e. The third-order valence-corrected chi connectivity index (χ3v) is 4.52. The normalized spacial score (nSPS) is 16.7. The quantitative estimate of drug-likeness (QED) is 0.783. The molecule has 0 radical (unpaired) electrons. The first-order valence-electron chi connectivity index (χ1n) is 7.50. The van der Waals surface area contributed by atoms with Gasteiger partial charge in [-0.1, -0.05) is 18.2 Å². The number of nitrogens with zero attached hydrogens (tertiary/aromatic N) is 1. The molecule has 0 saturated heterocycles. The zero-order chi connectivity index (χ0) is 15.6.